The molecular formula is C23H20ClF3N4O3. The second-order valence-electron chi connectivity index (χ2n) is 7.65. The van der Waals surface area contributed by atoms with Crippen molar-refractivity contribution in [3.8, 4) is 16.9 Å². The molecule has 1 atom stereocenters. The Morgan fingerprint density at radius 1 is 1.26 bits per heavy atom. The molecule has 1 aliphatic rings. The van der Waals surface area contributed by atoms with Crippen LogP contribution in [-0.4, -0.2) is 28.7 Å². The lowest BCUT2D eigenvalue weighted by Crippen LogP contribution is -2.24. The van der Waals surface area contributed by atoms with Gasteiger partial charge in [-0.3, -0.25) is 9.59 Å². The van der Waals surface area contributed by atoms with E-state index < -0.39 is 34.6 Å². The Labute approximate surface area is 197 Å². The molecular weight excluding hydrogens is 473 g/mol. The first-order valence-electron chi connectivity index (χ1n) is 10.4. The molecule has 11 heteroatoms. The predicted octanol–water partition coefficient (Wildman–Crippen LogP) is 5.32. The maximum atomic E-state index is 13.1. The maximum absolute atomic E-state index is 13.1. The number of hydrogen-bond donors (Lipinski definition) is 2. The molecule has 0 radical (unpaired) electrons. The summed E-state index contributed by atoms with van der Waals surface area (Å²) in [6.07, 6.45) is -4.41. The highest BCUT2D eigenvalue weighted by atomic mass is 35.5. The first kappa shape index (κ1) is 23.6. The van der Waals surface area contributed by atoms with Crippen LogP contribution < -0.4 is 15.4 Å². The highest BCUT2D eigenvalue weighted by molar-refractivity contribution is 6.31. The molecule has 0 aliphatic carbocycles. The normalized spacial score (nSPS) is 15.1. The van der Waals surface area contributed by atoms with Gasteiger partial charge in [0.05, 0.1) is 29.8 Å². The standard InChI is InChI=1S/C23H20ClF3N4O3/c1-3-17-20(12-5-4-6-14(9-12)34-2)21-29-22(33)18(31(21)30-17)11-19(32)28-13-7-8-16(24)15(10-13)23(25,26)27/h4-10,18H,3,11H2,1-2H3,(H,28,32)(H,29,33). The van der Waals surface area contributed by atoms with Crippen molar-refractivity contribution in [1.29, 1.82) is 0 Å². The summed E-state index contributed by atoms with van der Waals surface area (Å²) in [4.78, 5) is 25.3. The van der Waals surface area contributed by atoms with E-state index in [0.29, 0.717) is 18.0 Å². The number of hydrogen-bond acceptors (Lipinski definition) is 4. The Morgan fingerprint density at radius 2 is 2.03 bits per heavy atom. The summed E-state index contributed by atoms with van der Waals surface area (Å²) in [5.41, 5.74) is 1.11. The maximum Gasteiger partial charge on any atom is 0.417 e. The van der Waals surface area contributed by atoms with Crippen molar-refractivity contribution in [1.82, 2.24) is 9.78 Å². The molecule has 2 aromatic carbocycles. The molecule has 0 spiro atoms. The van der Waals surface area contributed by atoms with Crippen molar-refractivity contribution in [2.24, 2.45) is 0 Å². The van der Waals surface area contributed by atoms with E-state index in [0.717, 1.165) is 29.0 Å². The van der Waals surface area contributed by atoms with Gasteiger partial charge in [-0.2, -0.15) is 18.3 Å². The van der Waals surface area contributed by atoms with E-state index in [-0.39, 0.29) is 12.1 Å². The smallest absolute Gasteiger partial charge is 0.417 e. The molecule has 0 saturated carbocycles. The van der Waals surface area contributed by atoms with Crippen molar-refractivity contribution in [3.63, 3.8) is 0 Å². The van der Waals surface area contributed by atoms with Crippen LogP contribution in [0.1, 0.15) is 30.6 Å². The number of amides is 2. The molecule has 2 N–H and O–H groups in total. The van der Waals surface area contributed by atoms with Gasteiger partial charge in [-0.05, 0) is 42.3 Å². The number of fused-ring (bicyclic) bond motifs is 1. The molecule has 2 heterocycles. The minimum absolute atomic E-state index is 0.0767. The zero-order chi connectivity index (χ0) is 24.6. The number of aryl methyl sites for hydroxylation is 1. The van der Waals surface area contributed by atoms with Crippen LogP contribution in [0.15, 0.2) is 42.5 Å². The van der Waals surface area contributed by atoms with Gasteiger partial charge in [-0.25, -0.2) is 4.68 Å². The zero-order valence-electron chi connectivity index (χ0n) is 18.2. The Bertz CT molecular complexity index is 1270. The Kier molecular flexibility index (Phi) is 6.26. The summed E-state index contributed by atoms with van der Waals surface area (Å²) in [6.45, 7) is 1.92. The SMILES string of the molecule is CCc1nn2c(c1-c1cccc(OC)c1)NC(=O)C2CC(=O)Nc1ccc(Cl)c(C(F)(F)F)c1. The van der Waals surface area contributed by atoms with Crippen LogP contribution in [0.3, 0.4) is 0 Å². The Balaban J connectivity index is 1.59. The number of carbonyl (C=O) groups is 2. The van der Waals surface area contributed by atoms with Crippen LogP contribution in [0, 0.1) is 0 Å². The number of halogens is 4. The molecule has 34 heavy (non-hydrogen) atoms. The van der Waals surface area contributed by atoms with Crippen LogP contribution in [0.2, 0.25) is 5.02 Å². The fraction of sp³-hybridized carbons (Fsp3) is 0.261. The Hall–Kier alpha value is -3.53. The number of rotatable bonds is 6. The van der Waals surface area contributed by atoms with Gasteiger partial charge in [0.1, 0.15) is 17.6 Å². The molecule has 7 nitrogen and oxygen atoms in total. The molecule has 1 aliphatic heterocycles. The third-order valence-electron chi connectivity index (χ3n) is 5.45. The van der Waals surface area contributed by atoms with Crippen molar-refractivity contribution >= 4 is 34.9 Å². The number of aromatic nitrogens is 2. The summed E-state index contributed by atoms with van der Waals surface area (Å²) in [7, 11) is 1.55. The van der Waals surface area contributed by atoms with Gasteiger partial charge in [-0.1, -0.05) is 30.7 Å². The van der Waals surface area contributed by atoms with E-state index in [4.69, 9.17) is 16.3 Å². The molecule has 1 unspecified atom stereocenters. The van der Waals surface area contributed by atoms with Crippen molar-refractivity contribution in [2.75, 3.05) is 17.7 Å². The van der Waals surface area contributed by atoms with Crippen LogP contribution >= 0.6 is 11.6 Å². The largest absolute Gasteiger partial charge is 0.497 e. The zero-order valence-corrected chi connectivity index (χ0v) is 18.9. The third kappa shape index (κ3) is 4.45. The molecule has 0 bridgehead atoms. The molecule has 1 aromatic heterocycles. The summed E-state index contributed by atoms with van der Waals surface area (Å²) in [5, 5.41) is 9.26. The summed E-state index contributed by atoms with van der Waals surface area (Å²) < 4.78 is 46.1. The third-order valence-corrected chi connectivity index (χ3v) is 5.78. The Morgan fingerprint density at radius 3 is 2.71 bits per heavy atom. The monoisotopic (exact) mass is 492 g/mol. The van der Waals surface area contributed by atoms with Crippen LogP contribution in [0.5, 0.6) is 5.75 Å². The van der Waals surface area contributed by atoms with E-state index in [1.54, 1.807) is 13.2 Å². The highest BCUT2D eigenvalue weighted by Gasteiger charge is 2.37. The second-order valence-corrected chi connectivity index (χ2v) is 8.06. The fourth-order valence-electron chi connectivity index (χ4n) is 3.85. The number of alkyl halides is 3. The van der Waals surface area contributed by atoms with E-state index in [9.17, 15) is 22.8 Å². The van der Waals surface area contributed by atoms with Crippen LogP contribution in [-0.2, 0) is 22.2 Å². The fourth-order valence-corrected chi connectivity index (χ4v) is 4.08. The minimum atomic E-state index is -4.67. The number of methoxy groups -OCH3 is 1. The van der Waals surface area contributed by atoms with Gasteiger partial charge in [0, 0.05) is 11.3 Å². The van der Waals surface area contributed by atoms with Gasteiger partial charge in [0.25, 0.3) is 5.91 Å². The van der Waals surface area contributed by atoms with Gasteiger partial charge in [0.2, 0.25) is 5.91 Å². The first-order chi connectivity index (χ1) is 16.1. The number of anilines is 2. The van der Waals surface area contributed by atoms with Crippen molar-refractivity contribution < 1.29 is 27.5 Å². The number of carbonyl (C=O) groups excluding carboxylic acids is 2. The van der Waals surface area contributed by atoms with Crippen molar-refractivity contribution in [3.05, 3.63) is 58.7 Å². The second kappa shape index (κ2) is 9.02. The van der Waals surface area contributed by atoms with Crippen LogP contribution in [0.25, 0.3) is 11.1 Å². The van der Waals surface area contributed by atoms with E-state index >= 15 is 0 Å². The van der Waals surface area contributed by atoms with E-state index in [1.165, 1.54) is 10.7 Å². The van der Waals surface area contributed by atoms with Crippen LogP contribution in [0.4, 0.5) is 24.7 Å². The summed E-state index contributed by atoms with van der Waals surface area (Å²) in [5.74, 6) is 0.0242. The highest BCUT2D eigenvalue weighted by Crippen LogP contribution is 2.40. The van der Waals surface area contributed by atoms with E-state index in [2.05, 4.69) is 15.7 Å². The van der Waals surface area contributed by atoms with Gasteiger partial charge < -0.3 is 15.4 Å². The molecule has 178 valence electrons. The summed E-state index contributed by atoms with van der Waals surface area (Å²) in [6, 6.07) is 9.43. The summed E-state index contributed by atoms with van der Waals surface area (Å²) >= 11 is 5.63. The van der Waals surface area contributed by atoms with Gasteiger partial charge in [0.15, 0.2) is 0 Å². The molecule has 0 fully saturated rings. The predicted molar refractivity (Wildman–Crippen MR) is 121 cm³/mol. The molecule has 4 rings (SSSR count). The first-order valence-corrected chi connectivity index (χ1v) is 10.7. The van der Waals surface area contributed by atoms with Gasteiger partial charge in [-0.15, -0.1) is 0 Å². The molecule has 2 amide bonds. The molecule has 3 aromatic rings. The van der Waals surface area contributed by atoms with Gasteiger partial charge >= 0.3 is 6.18 Å². The topological polar surface area (TPSA) is 85.2 Å². The lowest BCUT2D eigenvalue weighted by atomic mass is 10.0. The number of benzene rings is 2. The minimum Gasteiger partial charge on any atom is -0.497 e. The number of nitrogens with one attached hydrogen (secondary N) is 2. The van der Waals surface area contributed by atoms with E-state index in [1.807, 2.05) is 25.1 Å². The number of ether oxygens (including phenoxy) is 1. The lowest BCUT2D eigenvalue weighted by molar-refractivity contribution is -0.137. The lowest BCUT2D eigenvalue weighted by Gasteiger charge is -2.13. The number of nitrogens with zero attached hydrogens (tertiary/aromatic N) is 2. The average Bonchev–Trinajstić information content (AvgIpc) is 3.29. The molecule has 0 saturated heterocycles. The quantitative estimate of drug-likeness (QED) is 0.488. The van der Waals surface area contributed by atoms with Crippen molar-refractivity contribution in [2.45, 2.75) is 32.0 Å². The average molecular weight is 493 g/mol.